The number of rotatable bonds is 3. The summed E-state index contributed by atoms with van der Waals surface area (Å²) in [4.78, 5) is 11.7. The van der Waals surface area contributed by atoms with E-state index in [1.54, 1.807) is 0 Å². The van der Waals surface area contributed by atoms with Crippen LogP contribution in [-0.4, -0.2) is 11.4 Å². The average molecular weight is 181 g/mol. The number of hydrogen-bond donors (Lipinski definition) is 1. The Kier molecular flexibility index (Phi) is 1.73. The van der Waals surface area contributed by atoms with E-state index in [2.05, 4.69) is 26.1 Å². The zero-order valence-corrected chi connectivity index (χ0v) is 8.81. The van der Waals surface area contributed by atoms with E-state index in [1.807, 2.05) is 0 Å². The first-order valence-corrected chi connectivity index (χ1v) is 5.31. The zero-order chi connectivity index (χ0) is 9.69. The van der Waals surface area contributed by atoms with Crippen molar-refractivity contribution in [2.24, 2.45) is 11.3 Å². The second-order valence-corrected chi connectivity index (χ2v) is 5.31. The highest BCUT2D eigenvalue weighted by Gasteiger charge is 2.54. The summed E-state index contributed by atoms with van der Waals surface area (Å²) in [6.45, 7) is 6.52. The first-order chi connectivity index (χ1) is 5.99. The maximum Gasteiger partial charge on any atom is 0.224 e. The van der Waals surface area contributed by atoms with Crippen LogP contribution in [0.3, 0.4) is 0 Å². The predicted molar refractivity (Wildman–Crippen MR) is 52.3 cm³/mol. The van der Waals surface area contributed by atoms with Crippen LogP contribution in [0, 0.1) is 11.3 Å². The molecule has 2 heteroatoms. The van der Waals surface area contributed by atoms with Crippen molar-refractivity contribution >= 4 is 5.91 Å². The highest BCUT2D eigenvalue weighted by atomic mass is 16.2. The van der Waals surface area contributed by atoms with Crippen LogP contribution in [0.1, 0.15) is 46.5 Å². The molecule has 2 aliphatic rings. The smallest absolute Gasteiger partial charge is 0.224 e. The summed E-state index contributed by atoms with van der Waals surface area (Å²) in [5, 5.41) is 3.14. The molecule has 1 amide bonds. The van der Waals surface area contributed by atoms with Gasteiger partial charge in [0.25, 0.3) is 0 Å². The van der Waals surface area contributed by atoms with Gasteiger partial charge in [0.2, 0.25) is 5.91 Å². The molecule has 1 N–H and O–H groups in total. The number of carbonyl (C=O) groups is 1. The molecule has 2 saturated carbocycles. The lowest BCUT2D eigenvalue weighted by Crippen LogP contribution is -2.36. The molecule has 0 saturated heterocycles. The molecule has 2 unspecified atom stereocenters. The normalized spacial score (nSPS) is 39.8. The third kappa shape index (κ3) is 1.59. The molecule has 2 nitrogen and oxygen atoms in total. The largest absolute Gasteiger partial charge is 0.351 e. The molecule has 13 heavy (non-hydrogen) atoms. The van der Waals surface area contributed by atoms with Gasteiger partial charge in [-0.05, 0) is 38.0 Å². The van der Waals surface area contributed by atoms with Crippen LogP contribution >= 0.6 is 0 Å². The summed E-state index contributed by atoms with van der Waals surface area (Å²) in [7, 11) is 0. The predicted octanol–water partition coefficient (Wildman–Crippen LogP) is 2.09. The average Bonchev–Trinajstić information content (AvgIpc) is 2.92. The summed E-state index contributed by atoms with van der Waals surface area (Å²) >= 11 is 0. The molecule has 2 aliphatic carbocycles. The van der Waals surface area contributed by atoms with Crippen molar-refractivity contribution in [1.82, 2.24) is 5.32 Å². The third-order valence-electron chi connectivity index (χ3n) is 3.90. The molecule has 0 heterocycles. The van der Waals surface area contributed by atoms with Gasteiger partial charge in [-0.1, -0.05) is 13.8 Å². The molecule has 74 valence electrons. The molecule has 2 rings (SSSR count). The molecule has 2 atom stereocenters. The maximum atomic E-state index is 11.7. The van der Waals surface area contributed by atoms with Crippen LogP contribution in [-0.2, 0) is 4.79 Å². The Morgan fingerprint density at radius 3 is 2.46 bits per heavy atom. The Balaban J connectivity index is 1.86. The van der Waals surface area contributed by atoms with Gasteiger partial charge in [-0.25, -0.2) is 0 Å². The molecule has 0 aromatic carbocycles. The van der Waals surface area contributed by atoms with Gasteiger partial charge >= 0.3 is 0 Å². The summed E-state index contributed by atoms with van der Waals surface area (Å²) in [6.07, 6.45) is 4.54. The van der Waals surface area contributed by atoms with Gasteiger partial charge in [0.15, 0.2) is 0 Å². The Hall–Kier alpha value is -0.530. The standard InChI is InChI=1S/C11H19NO/c1-4-10(2)7-8(10)9(13)12-11(3)5-6-11/h8H,4-7H2,1-3H3,(H,12,13). The van der Waals surface area contributed by atoms with E-state index in [9.17, 15) is 4.79 Å². The quantitative estimate of drug-likeness (QED) is 0.709. The molecule has 0 spiro atoms. The summed E-state index contributed by atoms with van der Waals surface area (Å²) in [6, 6.07) is 0. The molecular weight excluding hydrogens is 162 g/mol. The molecule has 0 radical (unpaired) electrons. The Bertz CT molecular complexity index is 244. The lowest BCUT2D eigenvalue weighted by molar-refractivity contribution is -0.123. The minimum Gasteiger partial charge on any atom is -0.351 e. The second-order valence-electron chi connectivity index (χ2n) is 5.31. The van der Waals surface area contributed by atoms with Gasteiger partial charge in [0.1, 0.15) is 0 Å². The molecule has 2 fully saturated rings. The lowest BCUT2D eigenvalue weighted by Gasteiger charge is -2.13. The molecule has 0 bridgehead atoms. The van der Waals surface area contributed by atoms with E-state index in [0.717, 1.165) is 25.7 Å². The van der Waals surface area contributed by atoms with Crippen LogP contribution in [0.25, 0.3) is 0 Å². The van der Waals surface area contributed by atoms with Gasteiger partial charge < -0.3 is 5.32 Å². The van der Waals surface area contributed by atoms with Crippen molar-refractivity contribution in [3.05, 3.63) is 0 Å². The van der Waals surface area contributed by atoms with Crippen molar-refractivity contribution in [2.45, 2.75) is 52.0 Å². The Morgan fingerprint density at radius 1 is 1.46 bits per heavy atom. The van der Waals surface area contributed by atoms with Crippen molar-refractivity contribution in [3.8, 4) is 0 Å². The topological polar surface area (TPSA) is 29.1 Å². The summed E-state index contributed by atoms with van der Waals surface area (Å²) in [5.41, 5.74) is 0.476. The van der Waals surface area contributed by atoms with Crippen molar-refractivity contribution in [2.75, 3.05) is 0 Å². The van der Waals surface area contributed by atoms with E-state index < -0.39 is 0 Å². The van der Waals surface area contributed by atoms with E-state index in [4.69, 9.17) is 0 Å². The van der Waals surface area contributed by atoms with Crippen LogP contribution in [0.5, 0.6) is 0 Å². The number of carbonyl (C=O) groups excluding carboxylic acids is 1. The maximum absolute atomic E-state index is 11.7. The molecule has 0 aromatic rings. The Morgan fingerprint density at radius 2 is 2.08 bits per heavy atom. The first-order valence-electron chi connectivity index (χ1n) is 5.31. The summed E-state index contributed by atoms with van der Waals surface area (Å²) < 4.78 is 0. The summed E-state index contributed by atoms with van der Waals surface area (Å²) in [5.74, 6) is 0.597. The number of amides is 1. The van der Waals surface area contributed by atoms with Gasteiger partial charge in [-0.15, -0.1) is 0 Å². The van der Waals surface area contributed by atoms with Crippen LogP contribution < -0.4 is 5.32 Å². The zero-order valence-electron chi connectivity index (χ0n) is 8.81. The van der Waals surface area contributed by atoms with Gasteiger partial charge in [0, 0.05) is 11.5 Å². The fourth-order valence-electron chi connectivity index (χ4n) is 1.90. The van der Waals surface area contributed by atoms with Crippen LogP contribution in [0.4, 0.5) is 0 Å². The van der Waals surface area contributed by atoms with Gasteiger partial charge in [-0.2, -0.15) is 0 Å². The SMILES string of the molecule is CCC1(C)CC1C(=O)NC1(C)CC1. The molecule has 0 aliphatic heterocycles. The minimum absolute atomic E-state index is 0.161. The number of hydrogen-bond acceptors (Lipinski definition) is 1. The minimum atomic E-state index is 0.161. The first kappa shape index (κ1) is 9.04. The highest BCUT2D eigenvalue weighted by Crippen LogP contribution is 2.55. The monoisotopic (exact) mass is 181 g/mol. The van der Waals surface area contributed by atoms with E-state index >= 15 is 0 Å². The van der Waals surface area contributed by atoms with Crippen LogP contribution in [0.15, 0.2) is 0 Å². The van der Waals surface area contributed by atoms with E-state index in [1.165, 1.54) is 0 Å². The lowest BCUT2D eigenvalue weighted by atomic mass is 10.0. The fraction of sp³-hybridized carbons (Fsp3) is 0.909. The van der Waals surface area contributed by atoms with Crippen molar-refractivity contribution < 1.29 is 4.79 Å². The highest BCUT2D eigenvalue weighted by molar-refractivity contribution is 5.83. The molecular formula is C11H19NO. The van der Waals surface area contributed by atoms with Gasteiger partial charge in [-0.3, -0.25) is 4.79 Å². The van der Waals surface area contributed by atoms with Gasteiger partial charge in [0.05, 0.1) is 0 Å². The number of nitrogens with one attached hydrogen (secondary N) is 1. The van der Waals surface area contributed by atoms with Crippen LogP contribution in [0.2, 0.25) is 0 Å². The fourth-order valence-corrected chi connectivity index (χ4v) is 1.90. The van der Waals surface area contributed by atoms with Crippen molar-refractivity contribution in [1.29, 1.82) is 0 Å². The van der Waals surface area contributed by atoms with Crippen molar-refractivity contribution in [3.63, 3.8) is 0 Å². The van der Waals surface area contributed by atoms with E-state index in [0.29, 0.717) is 17.2 Å². The van der Waals surface area contributed by atoms with E-state index in [-0.39, 0.29) is 5.54 Å². The molecule has 0 aromatic heterocycles. The third-order valence-corrected chi connectivity index (χ3v) is 3.90. The second kappa shape index (κ2) is 2.49. The Labute approximate surface area is 80.1 Å².